The molecule has 0 radical (unpaired) electrons. The molecule has 16 heavy (non-hydrogen) atoms. The number of unbranched alkanes of at least 4 members (excludes halogenated alkanes) is 1. The van der Waals surface area contributed by atoms with E-state index in [4.69, 9.17) is 4.74 Å². The number of nitrogens with one attached hydrogen (secondary N) is 1. The molecule has 0 amide bonds. The second-order valence-electron chi connectivity index (χ2n) is 4.71. The van der Waals surface area contributed by atoms with Crippen molar-refractivity contribution in [3.8, 4) is 0 Å². The normalized spacial score (nSPS) is 15.0. The summed E-state index contributed by atoms with van der Waals surface area (Å²) < 4.78 is 5.62. The van der Waals surface area contributed by atoms with Gasteiger partial charge in [-0.2, -0.15) is 0 Å². The topological polar surface area (TPSA) is 21.3 Å². The molecule has 0 heterocycles. The highest BCUT2D eigenvalue weighted by Gasteiger charge is 2.13. The highest BCUT2D eigenvalue weighted by molar-refractivity contribution is 4.69. The monoisotopic (exact) mass is 229 g/mol. The Morgan fingerprint density at radius 3 is 2.38 bits per heavy atom. The van der Waals surface area contributed by atoms with E-state index < -0.39 is 0 Å². The Kier molecular flexibility index (Phi) is 11.3. The lowest BCUT2D eigenvalue weighted by molar-refractivity contribution is 0.105. The molecular weight excluding hydrogens is 198 g/mol. The van der Waals surface area contributed by atoms with Crippen LogP contribution in [0.1, 0.15) is 59.3 Å². The van der Waals surface area contributed by atoms with E-state index in [-0.39, 0.29) is 0 Å². The smallest absolute Gasteiger partial charge is 0.0619 e. The molecule has 2 heteroatoms. The van der Waals surface area contributed by atoms with Crippen LogP contribution in [0.5, 0.6) is 0 Å². The van der Waals surface area contributed by atoms with Crippen molar-refractivity contribution in [1.82, 2.24) is 5.32 Å². The van der Waals surface area contributed by atoms with Gasteiger partial charge in [-0.3, -0.25) is 0 Å². The SMILES string of the molecule is CCCCC(CC)CC(COCCC)NC. The van der Waals surface area contributed by atoms with Gasteiger partial charge in [0.2, 0.25) is 0 Å². The molecule has 2 unspecified atom stereocenters. The van der Waals surface area contributed by atoms with Crippen LogP contribution in [-0.2, 0) is 4.74 Å². The minimum atomic E-state index is 0.536. The van der Waals surface area contributed by atoms with Crippen LogP contribution in [0.2, 0.25) is 0 Å². The lowest BCUT2D eigenvalue weighted by Gasteiger charge is -2.22. The molecule has 0 saturated heterocycles. The van der Waals surface area contributed by atoms with E-state index in [1.807, 2.05) is 7.05 Å². The molecule has 0 fully saturated rings. The first-order chi connectivity index (χ1) is 7.78. The summed E-state index contributed by atoms with van der Waals surface area (Å²) in [6, 6.07) is 0.536. The Labute approximate surface area is 102 Å². The van der Waals surface area contributed by atoms with Crippen LogP contribution in [0, 0.1) is 5.92 Å². The van der Waals surface area contributed by atoms with Gasteiger partial charge < -0.3 is 10.1 Å². The maximum absolute atomic E-state index is 5.62. The van der Waals surface area contributed by atoms with E-state index >= 15 is 0 Å². The van der Waals surface area contributed by atoms with Gasteiger partial charge in [0.05, 0.1) is 6.61 Å². The van der Waals surface area contributed by atoms with E-state index in [0.29, 0.717) is 6.04 Å². The minimum Gasteiger partial charge on any atom is -0.380 e. The molecule has 0 aliphatic rings. The fourth-order valence-electron chi connectivity index (χ4n) is 2.02. The van der Waals surface area contributed by atoms with Gasteiger partial charge in [-0.15, -0.1) is 0 Å². The third-order valence-electron chi connectivity index (χ3n) is 3.24. The average molecular weight is 229 g/mol. The van der Waals surface area contributed by atoms with Crippen LogP contribution >= 0.6 is 0 Å². The van der Waals surface area contributed by atoms with Crippen LogP contribution in [0.15, 0.2) is 0 Å². The van der Waals surface area contributed by atoms with Crippen molar-refractivity contribution in [2.45, 2.75) is 65.3 Å². The van der Waals surface area contributed by atoms with Crippen LogP contribution < -0.4 is 5.32 Å². The van der Waals surface area contributed by atoms with E-state index in [1.54, 1.807) is 0 Å². The summed E-state index contributed by atoms with van der Waals surface area (Å²) >= 11 is 0. The standard InChI is InChI=1S/C14H31NO/c1-5-8-9-13(7-3)11-14(15-4)12-16-10-6-2/h13-15H,5-12H2,1-4H3. The highest BCUT2D eigenvalue weighted by Crippen LogP contribution is 2.18. The van der Waals surface area contributed by atoms with Crippen molar-refractivity contribution in [3.63, 3.8) is 0 Å². The molecule has 0 aliphatic carbocycles. The number of likely N-dealkylation sites (N-methyl/N-ethyl adjacent to an activating group) is 1. The summed E-state index contributed by atoms with van der Waals surface area (Å²) in [7, 11) is 2.05. The number of rotatable bonds is 11. The second-order valence-corrected chi connectivity index (χ2v) is 4.71. The van der Waals surface area contributed by atoms with Gasteiger partial charge in [-0.1, -0.05) is 46.5 Å². The molecule has 0 aromatic heterocycles. The van der Waals surface area contributed by atoms with Crippen molar-refractivity contribution in [1.29, 1.82) is 0 Å². The van der Waals surface area contributed by atoms with Crippen LogP contribution in [0.4, 0.5) is 0 Å². The van der Waals surface area contributed by atoms with Gasteiger partial charge >= 0.3 is 0 Å². The maximum Gasteiger partial charge on any atom is 0.0619 e. The maximum atomic E-state index is 5.62. The van der Waals surface area contributed by atoms with Crippen molar-refractivity contribution in [2.24, 2.45) is 5.92 Å². The van der Waals surface area contributed by atoms with Crippen LogP contribution in [0.3, 0.4) is 0 Å². The predicted molar refractivity (Wildman–Crippen MR) is 71.9 cm³/mol. The van der Waals surface area contributed by atoms with Gasteiger partial charge in [0, 0.05) is 12.6 Å². The zero-order chi connectivity index (χ0) is 12.2. The summed E-state index contributed by atoms with van der Waals surface area (Å²) in [5, 5.41) is 3.38. The lowest BCUT2D eigenvalue weighted by Crippen LogP contribution is -2.32. The van der Waals surface area contributed by atoms with Gasteiger partial charge in [0.25, 0.3) is 0 Å². The van der Waals surface area contributed by atoms with Gasteiger partial charge in [-0.05, 0) is 25.8 Å². The Morgan fingerprint density at radius 2 is 1.88 bits per heavy atom. The lowest BCUT2D eigenvalue weighted by atomic mass is 9.92. The summed E-state index contributed by atoms with van der Waals surface area (Å²) in [6.45, 7) is 8.49. The molecule has 0 spiro atoms. The first-order valence-electron chi connectivity index (χ1n) is 7.03. The number of hydrogen-bond donors (Lipinski definition) is 1. The molecule has 0 aromatic carbocycles. The van der Waals surface area contributed by atoms with Gasteiger partial charge in [-0.25, -0.2) is 0 Å². The van der Waals surface area contributed by atoms with Crippen molar-refractivity contribution in [2.75, 3.05) is 20.3 Å². The Balaban J connectivity index is 3.77. The van der Waals surface area contributed by atoms with Gasteiger partial charge in [0.15, 0.2) is 0 Å². The Morgan fingerprint density at radius 1 is 1.12 bits per heavy atom. The quantitative estimate of drug-likeness (QED) is 0.547. The van der Waals surface area contributed by atoms with E-state index in [0.717, 1.165) is 25.6 Å². The molecule has 2 atom stereocenters. The number of hydrogen-bond acceptors (Lipinski definition) is 2. The Hall–Kier alpha value is -0.0800. The zero-order valence-electron chi connectivity index (χ0n) is 11.7. The summed E-state index contributed by atoms with van der Waals surface area (Å²) in [5.74, 6) is 0.864. The predicted octanol–water partition coefficient (Wildman–Crippen LogP) is 3.61. The molecule has 0 aromatic rings. The summed E-state index contributed by atoms with van der Waals surface area (Å²) in [4.78, 5) is 0. The first kappa shape index (κ1) is 15.9. The molecule has 0 aliphatic heterocycles. The minimum absolute atomic E-state index is 0.536. The summed E-state index contributed by atoms with van der Waals surface area (Å²) in [6.07, 6.45) is 7.73. The molecule has 2 nitrogen and oxygen atoms in total. The van der Waals surface area contributed by atoms with E-state index in [9.17, 15) is 0 Å². The van der Waals surface area contributed by atoms with Crippen molar-refractivity contribution in [3.05, 3.63) is 0 Å². The fourth-order valence-corrected chi connectivity index (χ4v) is 2.02. The molecule has 0 bridgehead atoms. The van der Waals surface area contributed by atoms with Crippen molar-refractivity contribution >= 4 is 0 Å². The molecule has 98 valence electrons. The Bertz CT molecular complexity index is 139. The number of ether oxygens (including phenoxy) is 1. The highest BCUT2D eigenvalue weighted by atomic mass is 16.5. The molecule has 0 saturated carbocycles. The van der Waals surface area contributed by atoms with Crippen LogP contribution in [0.25, 0.3) is 0 Å². The molecule has 1 N–H and O–H groups in total. The zero-order valence-corrected chi connectivity index (χ0v) is 11.7. The fraction of sp³-hybridized carbons (Fsp3) is 1.00. The molecule has 0 rings (SSSR count). The molecular formula is C14H31NO. The third kappa shape index (κ3) is 8.12. The van der Waals surface area contributed by atoms with Crippen LogP contribution in [-0.4, -0.2) is 26.3 Å². The van der Waals surface area contributed by atoms with Crippen molar-refractivity contribution < 1.29 is 4.74 Å². The van der Waals surface area contributed by atoms with E-state index in [1.165, 1.54) is 32.1 Å². The third-order valence-corrected chi connectivity index (χ3v) is 3.24. The first-order valence-corrected chi connectivity index (χ1v) is 7.03. The average Bonchev–Trinajstić information content (AvgIpc) is 2.32. The summed E-state index contributed by atoms with van der Waals surface area (Å²) in [5.41, 5.74) is 0. The largest absolute Gasteiger partial charge is 0.380 e. The van der Waals surface area contributed by atoms with E-state index in [2.05, 4.69) is 26.1 Å². The van der Waals surface area contributed by atoms with Gasteiger partial charge in [0.1, 0.15) is 0 Å². The second kappa shape index (κ2) is 11.4.